The van der Waals surface area contributed by atoms with Crippen LogP contribution in [-0.2, 0) is 14.6 Å². The van der Waals surface area contributed by atoms with Gasteiger partial charge in [0.1, 0.15) is 5.75 Å². The van der Waals surface area contributed by atoms with Gasteiger partial charge in [-0.1, -0.05) is 30.3 Å². The van der Waals surface area contributed by atoms with E-state index in [1.54, 1.807) is 42.3 Å². The summed E-state index contributed by atoms with van der Waals surface area (Å²) in [6, 6.07) is 16.9. The molecule has 178 valence electrons. The van der Waals surface area contributed by atoms with Gasteiger partial charge in [0.2, 0.25) is 5.91 Å². The van der Waals surface area contributed by atoms with E-state index in [9.17, 15) is 13.2 Å². The number of carbonyl (C=O) groups is 1. The minimum atomic E-state index is -3.39. The molecule has 0 radical (unpaired) electrons. The number of piperazine rings is 1. The number of ether oxygens (including phenoxy) is 1. The van der Waals surface area contributed by atoms with Crippen molar-refractivity contribution in [3.05, 3.63) is 54.6 Å². The molecule has 1 atom stereocenters. The molecule has 2 aliphatic heterocycles. The van der Waals surface area contributed by atoms with E-state index in [0.717, 1.165) is 50.5 Å². The quantitative estimate of drug-likeness (QED) is 0.619. The van der Waals surface area contributed by atoms with Crippen molar-refractivity contribution in [3.8, 4) is 5.75 Å². The number of carbonyl (C=O) groups excluding carboxylic acids is 1. The zero-order chi connectivity index (χ0) is 23.3. The van der Waals surface area contributed by atoms with Crippen molar-refractivity contribution in [1.82, 2.24) is 9.80 Å². The predicted octanol–water partition coefficient (Wildman–Crippen LogP) is 2.67. The first-order valence-corrected chi connectivity index (χ1v) is 13.3. The fourth-order valence-corrected chi connectivity index (χ4v) is 6.09. The van der Waals surface area contributed by atoms with Gasteiger partial charge in [-0.15, -0.1) is 0 Å². The molecule has 2 heterocycles. The standard InChI is InChI=1S/C25H33N3O4S/c1-32-24-10-6-5-9-23(24)27-17-15-26(16-18-27)21-11-12-25(29)28(14-13-21)19-20-33(30,31)22-7-3-2-4-8-22/h2-10,21H,11-20H2,1H3/t21-/m0/s1. The van der Waals surface area contributed by atoms with Crippen LogP contribution in [0.3, 0.4) is 0 Å². The van der Waals surface area contributed by atoms with E-state index in [4.69, 9.17) is 4.74 Å². The number of methoxy groups -OCH3 is 1. The second kappa shape index (κ2) is 10.6. The van der Waals surface area contributed by atoms with Crippen LogP contribution < -0.4 is 9.64 Å². The maximum atomic E-state index is 12.7. The smallest absolute Gasteiger partial charge is 0.222 e. The number of hydrogen-bond donors (Lipinski definition) is 0. The first-order chi connectivity index (χ1) is 16.0. The molecule has 0 aromatic heterocycles. The van der Waals surface area contributed by atoms with Crippen LogP contribution in [0.25, 0.3) is 0 Å². The largest absolute Gasteiger partial charge is 0.495 e. The summed E-state index contributed by atoms with van der Waals surface area (Å²) in [5.41, 5.74) is 1.13. The molecule has 0 N–H and O–H groups in total. The number of para-hydroxylation sites is 2. The number of likely N-dealkylation sites (tertiary alicyclic amines) is 1. The van der Waals surface area contributed by atoms with Crippen LogP contribution in [0, 0.1) is 0 Å². The molecule has 2 saturated heterocycles. The predicted molar refractivity (Wildman–Crippen MR) is 129 cm³/mol. The third-order valence-electron chi connectivity index (χ3n) is 6.77. The monoisotopic (exact) mass is 471 g/mol. The molecular formula is C25H33N3O4S. The Bertz CT molecular complexity index is 1040. The summed E-state index contributed by atoms with van der Waals surface area (Å²) >= 11 is 0. The highest BCUT2D eigenvalue weighted by Crippen LogP contribution is 2.29. The van der Waals surface area contributed by atoms with Crippen molar-refractivity contribution in [1.29, 1.82) is 0 Å². The molecular weight excluding hydrogens is 438 g/mol. The fraction of sp³-hybridized carbons (Fsp3) is 0.480. The Morgan fingerprint density at radius 1 is 0.909 bits per heavy atom. The molecule has 0 bridgehead atoms. The molecule has 1 amide bonds. The Kier molecular flexibility index (Phi) is 7.55. The molecule has 0 aliphatic carbocycles. The Morgan fingerprint density at radius 3 is 2.33 bits per heavy atom. The average molecular weight is 472 g/mol. The van der Waals surface area contributed by atoms with Crippen LogP contribution in [0.2, 0.25) is 0 Å². The van der Waals surface area contributed by atoms with E-state index in [-0.39, 0.29) is 18.2 Å². The van der Waals surface area contributed by atoms with Crippen molar-refractivity contribution in [2.75, 3.05) is 57.0 Å². The molecule has 2 fully saturated rings. The minimum absolute atomic E-state index is 0.0367. The van der Waals surface area contributed by atoms with Gasteiger partial charge in [0.15, 0.2) is 9.84 Å². The van der Waals surface area contributed by atoms with Gasteiger partial charge in [0.05, 0.1) is 23.4 Å². The van der Waals surface area contributed by atoms with Gasteiger partial charge in [0, 0.05) is 51.7 Å². The first-order valence-electron chi connectivity index (χ1n) is 11.7. The molecule has 33 heavy (non-hydrogen) atoms. The van der Waals surface area contributed by atoms with Gasteiger partial charge in [0.25, 0.3) is 0 Å². The zero-order valence-electron chi connectivity index (χ0n) is 19.2. The highest BCUT2D eigenvalue weighted by Gasteiger charge is 2.30. The second-order valence-electron chi connectivity index (χ2n) is 8.69. The molecule has 2 aromatic carbocycles. The molecule has 0 spiro atoms. The maximum absolute atomic E-state index is 12.7. The van der Waals surface area contributed by atoms with Crippen LogP contribution in [0.4, 0.5) is 5.69 Å². The lowest BCUT2D eigenvalue weighted by Crippen LogP contribution is -2.50. The first kappa shape index (κ1) is 23.6. The van der Waals surface area contributed by atoms with Crippen LogP contribution in [0.5, 0.6) is 5.75 Å². The van der Waals surface area contributed by atoms with Crippen molar-refractivity contribution in [3.63, 3.8) is 0 Å². The Balaban J connectivity index is 1.30. The number of anilines is 1. The molecule has 7 nitrogen and oxygen atoms in total. The minimum Gasteiger partial charge on any atom is -0.495 e. The average Bonchev–Trinajstić information content (AvgIpc) is 3.04. The van der Waals surface area contributed by atoms with Crippen molar-refractivity contribution in [2.45, 2.75) is 30.2 Å². The number of nitrogens with zero attached hydrogens (tertiary/aromatic N) is 3. The second-order valence-corrected chi connectivity index (χ2v) is 10.8. The van der Waals surface area contributed by atoms with Gasteiger partial charge < -0.3 is 14.5 Å². The number of hydrogen-bond acceptors (Lipinski definition) is 6. The Morgan fingerprint density at radius 2 is 1.61 bits per heavy atom. The number of rotatable bonds is 7. The SMILES string of the molecule is COc1ccccc1N1CCN([C@H]2CCC(=O)N(CCS(=O)(=O)c3ccccc3)CC2)CC1. The van der Waals surface area contributed by atoms with E-state index in [2.05, 4.69) is 15.9 Å². The van der Waals surface area contributed by atoms with Gasteiger partial charge >= 0.3 is 0 Å². The topological polar surface area (TPSA) is 70.2 Å². The van der Waals surface area contributed by atoms with Crippen molar-refractivity contribution >= 4 is 21.4 Å². The molecule has 8 heteroatoms. The molecule has 2 aliphatic rings. The Hall–Kier alpha value is -2.58. The summed E-state index contributed by atoms with van der Waals surface area (Å²) in [6.45, 7) is 4.59. The zero-order valence-corrected chi connectivity index (χ0v) is 20.0. The summed E-state index contributed by atoms with van der Waals surface area (Å²) in [4.78, 5) is 19.6. The number of amides is 1. The lowest BCUT2D eigenvalue weighted by atomic mass is 10.1. The highest BCUT2D eigenvalue weighted by molar-refractivity contribution is 7.91. The Labute approximate surface area is 196 Å². The normalized spacial score (nSPS) is 20.5. The summed E-state index contributed by atoms with van der Waals surface area (Å²) in [7, 11) is -1.68. The van der Waals surface area contributed by atoms with E-state index in [1.165, 1.54) is 0 Å². The van der Waals surface area contributed by atoms with E-state index < -0.39 is 9.84 Å². The van der Waals surface area contributed by atoms with Crippen molar-refractivity contribution < 1.29 is 17.9 Å². The van der Waals surface area contributed by atoms with Crippen LogP contribution in [-0.4, -0.2) is 82.3 Å². The molecule has 2 aromatic rings. The van der Waals surface area contributed by atoms with E-state index in [0.29, 0.717) is 23.9 Å². The summed E-state index contributed by atoms with van der Waals surface area (Å²) in [5.74, 6) is 0.922. The number of sulfone groups is 1. The third kappa shape index (κ3) is 5.68. The summed E-state index contributed by atoms with van der Waals surface area (Å²) < 4.78 is 30.7. The summed E-state index contributed by atoms with van der Waals surface area (Å²) in [6.07, 6.45) is 2.18. The van der Waals surface area contributed by atoms with Crippen LogP contribution in [0.15, 0.2) is 59.5 Å². The highest BCUT2D eigenvalue weighted by atomic mass is 32.2. The van der Waals surface area contributed by atoms with Gasteiger partial charge in [-0.25, -0.2) is 8.42 Å². The molecule has 4 rings (SSSR count). The number of benzene rings is 2. The van der Waals surface area contributed by atoms with Gasteiger partial charge in [-0.05, 0) is 37.1 Å². The van der Waals surface area contributed by atoms with Gasteiger partial charge in [-0.2, -0.15) is 0 Å². The molecule has 0 saturated carbocycles. The van der Waals surface area contributed by atoms with E-state index >= 15 is 0 Å². The van der Waals surface area contributed by atoms with Crippen molar-refractivity contribution in [2.24, 2.45) is 0 Å². The summed E-state index contributed by atoms with van der Waals surface area (Å²) in [5, 5.41) is 0. The fourth-order valence-electron chi connectivity index (χ4n) is 4.82. The third-order valence-corrected chi connectivity index (χ3v) is 8.48. The maximum Gasteiger partial charge on any atom is 0.222 e. The van der Waals surface area contributed by atoms with Crippen LogP contribution >= 0.6 is 0 Å². The lowest BCUT2D eigenvalue weighted by Gasteiger charge is -2.40. The lowest BCUT2D eigenvalue weighted by molar-refractivity contribution is -0.130. The van der Waals surface area contributed by atoms with Gasteiger partial charge in [-0.3, -0.25) is 9.69 Å². The molecule has 0 unspecified atom stereocenters. The van der Waals surface area contributed by atoms with E-state index in [1.807, 2.05) is 18.2 Å². The van der Waals surface area contributed by atoms with Crippen LogP contribution in [0.1, 0.15) is 19.3 Å².